The summed E-state index contributed by atoms with van der Waals surface area (Å²) in [5.74, 6) is -0.339. The minimum Gasteiger partial charge on any atom is -0.496 e. The van der Waals surface area contributed by atoms with E-state index in [1.165, 1.54) is 47.5 Å². The number of esters is 2. The number of aromatic nitrogens is 1. The Morgan fingerprint density at radius 3 is 2.09 bits per heavy atom. The average Bonchev–Trinajstić information content (AvgIpc) is 3.09. The molecule has 1 heterocycles. The molecule has 1 unspecified atom stereocenters. The van der Waals surface area contributed by atoms with Crippen molar-refractivity contribution in [3.63, 3.8) is 0 Å². The van der Waals surface area contributed by atoms with Crippen LogP contribution in [-0.2, 0) is 14.3 Å². The van der Waals surface area contributed by atoms with E-state index in [1.54, 1.807) is 26.0 Å². The van der Waals surface area contributed by atoms with Crippen LogP contribution in [0.15, 0.2) is 18.2 Å². The van der Waals surface area contributed by atoms with Crippen LogP contribution in [0.4, 0.5) is 0 Å². The molecule has 1 aromatic heterocycles. The number of aromatic amines is 1. The van der Waals surface area contributed by atoms with E-state index < -0.39 is 23.8 Å². The van der Waals surface area contributed by atoms with Gasteiger partial charge in [-0.15, -0.1) is 0 Å². The van der Waals surface area contributed by atoms with Crippen molar-refractivity contribution in [1.82, 2.24) is 4.98 Å². The van der Waals surface area contributed by atoms with Crippen LogP contribution in [0.5, 0.6) is 17.2 Å². The summed E-state index contributed by atoms with van der Waals surface area (Å²) in [4.78, 5) is 39.9. The highest BCUT2D eigenvalue weighted by Crippen LogP contribution is 2.35. The summed E-state index contributed by atoms with van der Waals surface area (Å²) in [6, 6.07) is 3.28. The molecule has 0 saturated carbocycles. The summed E-state index contributed by atoms with van der Waals surface area (Å²) < 4.78 is 25.8. The number of carbonyl (C=O) groups excluding carboxylic acids is 3. The number of rotatable bonds is 9. The van der Waals surface area contributed by atoms with Gasteiger partial charge in [-0.1, -0.05) is 0 Å². The molecule has 1 atom stereocenters. The summed E-state index contributed by atoms with van der Waals surface area (Å²) in [7, 11) is 5.75. The minimum absolute atomic E-state index is 0.189. The highest BCUT2D eigenvalue weighted by atomic mass is 16.5. The van der Waals surface area contributed by atoms with Gasteiger partial charge in [0.15, 0.2) is 17.6 Å². The third-order valence-corrected chi connectivity index (χ3v) is 4.87. The van der Waals surface area contributed by atoms with Gasteiger partial charge in [0.25, 0.3) is 0 Å². The van der Waals surface area contributed by atoms with Crippen LogP contribution < -0.4 is 14.2 Å². The highest BCUT2D eigenvalue weighted by Gasteiger charge is 2.27. The van der Waals surface area contributed by atoms with E-state index in [2.05, 4.69) is 4.98 Å². The van der Waals surface area contributed by atoms with Gasteiger partial charge in [0.1, 0.15) is 5.75 Å². The van der Waals surface area contributed by atoms with Crippen LogP contribution in [0.25, 0.3) is 6.08 Å². The first-order valence-corrected chi connectivity index (χ1v) is 9.68. The maximum atomic E-state index is 12.8. The van der Waals surface area contributed by atoms with E-state index in [-0.39, 0.29) is 11.3 Å². The van der Waals surface area contributed by atoms with Crippen molar-refractivity contribution in [1.29, 1.82) is 0 Å². The molecule has 0 saturated heterocycles. The van der Waals surface area contributed by atoms with Crippen LogP contribution in [0.1, 0.15) is 44.6 Å². The number of hydrogen-bond donors (Lipinski definition) is 1. The smallest absolute Gasteiger partial charge is 0.339 e. The summed E-state index contributed by atoms with van der Waals surface area (Å²) >= 11 is 0. The predicted molar refractivity (Wildman–Crippen MR) is 117 cm³/mol. The molecule has 1 aromatic carbocycles. The molecule has 0 fully saturated rings. The average molecular weight is 445 g/mol. The predicted octanol–water partition coefficient (Wildman–Crippen LogP) is 3.27. The molecule has 2 rings (SSSR count). The van der Waals surface area contributed by atoms with Gasteiger partial charge in [0, 0.05) is 23.4 Å². The molecule has 0 bridgehead atoms. The zero-order chi connectivity index (χ0) is 24.0. The third-order valence-electron chi connectivity index (χ3n) is 4.87. The zero-order valence-corrected chi connectivity index (χ0v) is 19.2. The Balaban J connectivity index is 2.18. The van der Waals surface area contributed by atoms with Gasteiger partial charge in [0.2, 0.25) is 5.78 Å². The van der Waals surface area contributed by atoms with Gasteiger partial charge in [-0.25, -0.2) is 9.59 Å². The number of carbonyl (C=O) groups is 3. The Bertz CT molecular complexity index is 1050. The minimum atomic E-state index is -1.08. The lowest BCUT2D eigenvalue weighted by Crippen LogP contribution is -2.24. The Labute approximate surface area is 186 Å². The lowest BCUT2D eigenvalue weighted by molar-refractivity contribution is -0.140. The van der Waals surface area contributed by atoms with E-state index in [0.717, 1.165) is 0 Å². The number of aryl methyl sites for hydroxylation is 1. The van der Waals surface area contributed by atoms with E-state index in [1.807, 2.05) is 0 Å². The monoisotopic (exact) mass is 445 g/mol. The standard InChI is InChI=1S/C23H27NO8/c1-12-20(23(27)31-7)13(2)24-21(12)22(26)14(3)32-19(25)9-8-15-10-17(29-5)18(30-6)11-16(15)28-4/h8-11,14,24H,1-7H3/b9-8+. The number of Topliss-reactive ketones (excluding diaryl/α,β-unsaturated/α-hetero) is 1. The topological polar surface area (TPSA) is 113 Å². The fraction of sp³-hybridized carbons (Fsp3) is 0.348. The first-order chi connectivity index (χ1) is 15.2. The van der Waals surface area contributed by atoms with Gasteiger partial charge < -0.3 is 28.7 Å². The van der Waals surface area contributed by atoms with Crippen molar-refractivity contribution in [2.45, 2.75) is 26.9 Å². The van der Waals surface area contributed by atoms with Crippen molar-refractivity contribution in [2.75, 3.05) is 28.4 Å². The van der Waals surface area contributed by atoms with E-state index >= 15 is 0 Å². The quantitative estimate of drug-likeness (QED) is 0.355. The number of benzene rings is 1. The molecule has 1 N–H and O–H groups in total. The molecular formula is C23H27NO8. The molecule has 0 aliphatic rings. The summed E-state index contributed by atoms with van der Waals surface area (Å²) in [6.45, 7) is 4.74. The zero-order valence-electron chi connectivity index (χ0n) is 19.2. The Morgan fingerprint density at radius 2 is 1.53 bits per heavy atom. The molecule has 9 nitrogen and oxygen atoms in total. The first-order valence-electron chi connectivity index (χ1n) is 9.68. The number of methoxy groups -OCH3 is 4. The second-order valence-corrected chi connectivity index (χ2v) is 6.84. The van der Waals surface area contributed by atoms with Crippen LogP contribution in [0.3, 0.4) is 0 Å². The Kier molecular flexibility index (Phi) is 8.06. The lowest BCUT2D eigenvalue weighted by Gasteiger charge is -2.12. The van der Waals surface area contributed by atoms with E-state index in [0.29, 0.717) is 34.1 Å². The maximum Gasteiger partial charge on any atom is 0.339 e. The molecular weight excluding hydrogens is 418 g/mol. The van der Waals surface area contributed by atoms with Gasteiger partial charge >= 0.3 is 11.9 Å². The summed E-state index contributed by atoms with van der Waals surface area (Å²) in [6.07, 6.45) is 1.58. The van der Waals surface area contributed by atoms with Crippen molar-refractivity contribution >= 4 is 23.8 Å². The van der Waals surface area contributed by atoms with Gasteiger partial charge in [0.05, 0.1) is 39.7 Å². The maximum absolute atomic E-state index is 12.8. The Hall–Kier alpha value is -3.75. The number of nitrogens with one attached hydrogen (secondary N) is 1. The van der Waals surface area contributed by atoms with Gasteiger partial charge in [-0.3, -0.25) is 4.79 Å². The largest absolute Gasteiger partial charge is 0.496 e. The van der Waals surface area contributed by atoms with Crippen LogP contribution in [0.2, 0.25) is 0 Å². The lowest BCUT2D eigenvalue weighted by atomic mass is 10.1. The van der Waals surface area contributed by atoms with E-state index in [4.69, 9.17) is 23.7 Å². The van der Waals surface area contributed by atoms with Crippen molar-refractivity contribution < 1.29 is 38.1 Å². The second-order valence-electron chi connectivity index (χ2n) is 6.84. The molecule has 2 aromatic rings. The molecule has 0 spiro atoms. The molecule has 0 radical (unpaired) electrons. The normalized spacial score (nSPS) is 11.7. The number of ether oxygens (including phenoxy) is 5. The molecule has 172 valence electrons. The number of hydrogen-bond acceptors (Lipinski definition) is 8. The van der Waals surface area contributed by atoms with E-state index in [9.17, 15) is 14.4 Å². The van der Waals surface area contributed by atoms with Gasteiger partial charge in [-0.2, -0.15) is 0 Å². The van der Waals surface area contributed by atoms with Crippen molar-refractivity contribution in [3.8, 4) is 17.2 Å². The molecule has 9 heteroatoms. The fourth-order valence-electron chi connectivity index (χ4n) is 3.22. The Morgan fingerprint density at radius 1 is 0.938 bits per heavy atom. The molecule has 0 amide bonds. The fourth-order valence-corrected chi connectivity index (χ4v) is 3.22. The summed E-state index contributed by atoms with van der Waals surface area (Å²) in [5.41, 5.74) is 1.97. The molecule has 0 aliphatic heterocycles. The SMILES string of the molecule is COC(=O)c1c(C)[nH]c(C(=O)C(C)OC(=O)/C=C/c2cc(OC)c(OC)cc2OC)c1C. The number of ketones is 1. The van der Waals surface area contributed by atoms with Crippen LogP contribution >= 0.6 is 0 Å². The first kappa shape index (κ1) is 24.5. The highest BCUT2D eigenvalue weighted by molar-refractivity contribution is 6.04. The second kappa shape index (κ2) is 10.5. The summed E-state index contributed by atoms with van der Waals surface area (Å²) in [5, 5.41) is 0. The third kappa shape index (κ3) is 5.11. The van der Waals surface area contributed by atoms with Crippen molar-refractivity contribution in [2.24, 2.45) is 0 Å². The van der Waals surface area contributed by atoms with Crippen LogP contribution in [0, 0.1) is 13.8 Å². The molecule has 32 heavy (non-hydrogen) atoms. The molecule has 0 aliphatic carbocycles. The van der Waals surface area contributed by atoms with Gasteiger partial charge in [-0.05, 0) is 38.5 Å². The number of H-pyrrole nitrogens is 1. The van der Waals surface area contributed by atoms with Crippen LogP contribution in [-0.4, -0.2) is 57.2 Å². The van der Waals surface area contributed by atoms with Crippen molar-refractivity contribution in [3.05, 3.63) is 46.3 Å².